The highest BCUT2D eigenvalue weighted by molar-refractivity contribution is 6.30. The third-order valence-electron chi connectivity index (χ3n) is 3.03. The first kappa shape index (κ1) is 17.1. The molecule has 2 heterocycles. The minimum Gasteiger partial charge on any atom is -0.467 e. The van der Waals surface area contributed by atoms with Gasteiger partial charge in [0, 0.05) is 6.20 Å². The number of halogens is 4. The predicted octanol–water partition coefficient (Wildman–Crippen LogP) is 2.99. The summed E-state index contributed by atoms with van der Waals surface area (Å²) in [5, 5.41) is 1.91. The summed E-state index contributed by atoms with van der Waals surface area (Å²) in [4.78, 5) is 23.7. The lowest BCUT2D eigenvalue weighted by molar-refractivity contribution is -0.138. The van der Waals surface area contributed by atoms with Gasteiger partial charge in [0.15, 0.2) is 0 Å². The molecule has 124 valence electrons. The van der Waals surface area contributed by atoms with Gasteiger partial charge in [0.1, 0.15) is 17.3 Å². The van der Waals surface area contributed by atoms with Crippen LogP contribution >= 0.6 is 11.6 Å². The molecule has 1 amide bonds. The summed E-state index contributed by atoms with van der Waals surface area (Å²) < 4.78 is 43.9. The van der Waals surface area contributed by atoms with Crippen molar-refractivity contribution in [2.75, 3.05) is 0 Å². The van der Waals surface area contributed by atoms with Crippen LogP contribution in [0, 0.1) is 0 Å². The molecule has 2 rings (SSSR count). The summed E-state index contributed by atoms with van der Waals surface area (Å²) in [5.74, 6) is -0.167. The molecule has 0 saturated heterocycles. The Balaban J connectivity index is 2.17. The maximum Gasteiger partial charge on any atom is 0.417 e. The fourth-order valence-electron chi connectivity index (χ4n) is 1.92. The fourth-order valence-corrected chi connectivity index (χ4v) is 2.15. The third kappa shape index (κ3) is 4.16. The van der Waals surface area contributed by atoms with Crippen LogP contribution < -0.4 is 10.9 Å². The van der Waals surface area contributed by atoms with Crippen LogP contribution in [0.5, 0.6) is 0 Å². The summed E-state index contributed by atoms with van der Waals surface area (Å²) >= 11 is 5.52. The maximum atomic E-state index is 12.7. The van der Waals surface area contributed by atoms with E-state index in [4.69, 9.17) is 16.0 Å². The number of nitrogens with zero attached hydrogens (tertiary/aromatic N) is 1. The van der Waals surface area contributed by atoms with E-state index >= 15 is 0 Å². The summed E-state index contributed by atoms with van der Waals surface area (Å²) in [6.45, 7) is 1.05. The molecule has 23 heavy (non-hydrogen) atoms. The van der Waals surface area contributed by atoms with Gasteiger partial charge in [-0.1, -0.05) is 11.6 Å². The number of alkyl halides is 3. The lowest BCUT2D eigenvalue weighted by Crippen LogP contribution is -2.34. The molecule has 9 heteroatoms. The second kappa shape index (κ2) is 6.49. The van der Waals surface area contributed by atoms with Crippen LogP contribution in [-0.2, 0) is 17.5 Å². The molecule has 2 aromatic heterocycles. The summed E-state index contributed by atoms with van der Waals surface area (Å²) in [5.41, 5.74) is -1.98. The first-order chi connectivity index (χ1) is 10.7. The van der Waals surface area contributed by atoms with Gasteiger partial charge in [0.2, 0.25) is 5.91 Å². The normalized spacial score (nSPS) is 12.9. The third-order valence-corrected chi connectivity index (χ3v) is 3.30. The van der Waals surface area contributed by atoms with Crippen molar-refractivity contribution in [3.8, 4) is 0 Å². The monoisotopic (exact) mass is 348 g/mol. The van der Waals surface area contributed by atoms with Crippen molar-refractivity contribution in [3.63, 3.8) is 0 Å². The SMILES string of the molecule is C[C@@H](NC(=O)Cn1cc(C(F)(F)F)cc(Cl)c1=O)c1ccco1. The first-order valence-electron chi connectivity index (χ1n) is 6.48. The number of amides is 1. The van der Waals surface area contributed by atoms with Crippen molar-refractivity contribution in [2.45, 2.75) is 25.7 Å². The Morgan fingerprint density at radius 1 is 1.48 bits per heavy atom. The van der Waals surface area contributed by atoms with Crippen LogP contribution in [-0.4, -0.2) is 10.5 Å². The number of hydrogen-bond donors (Lipinski definition) is 1. The van der Waals surface area contributed by atoms with E-state index < -0.39 is 40.8 Å². The van der Waals surface area contributed by atoms with Gasteiger partial charge in [-0.2, -0.15) is 13.2 Å². The maximum absolute atomic E-state index is 12.7. The minimum absolute atomic E-state index is 0.479. The Labute approximate surface area is 133 Å². The molecule has 0 unspecified atom stereocenters. The molecular weight excluding hydrogens is 337 g/mol. The number of hydrogen-bond acceptors (Lipinski definition) is 3. The van der Waals surface area contributed by atoms with Crippen molar-refractivity contribution in [2.24, 2.45) is 0 Å². The Morgan fingerprint density at radius 3 is 2.74 bits per heavy atom. The molecule has 1 N–H and O–H groups in total. The first-order valence-corrected chi connectivity index (χ1v) is 6.86. The molecule has 0 radical (unpaired) electrons. The van der Waals surface area contributed by atoms with Crippen LogP contribution in [0.2, 0.25) is 5.02 Å². The van der Waals surface area contributed by atoms with E-state index in [9.17, 15) is 22.8 Å². The lowest BCUT2D eigenvalue weighted by atomic mass is 10.2. The van der Waals surface area contributed by atoms with Gasteiger partial charge in [-0.3, -0.25) is 9.59 Å². The molecule has 1 atom stereocenters. The molecule has 5 nitrogen and oxygen atoms in total. The van der Waals surface area contributed by atoms with Crippen molar-refractivity contribution in [1.82, 2.24) is 9.88 Å². The second-order valence-electron chi connectivity index (χ2n) is 4.81. The quantitative estimate of drug-likeness (QED) is 0.923. The van der Waals surface area contributed by atoms with Crippen molar-refractivity contribution in [1.29, 1.82) is 0 Å². The average molecular weight is 349 g/mol. The Bertz CT molecular complexity index is 754. The number of rotatable bonds is 4. The lowest BCUT2D eigenvalue weighted by Gasteiger charge is -2.14. The van der Waals surface area contributed by atoms with E-state index in [0.29, 0.717) is 22.6 Å². The molecule has 0 spiro atoms. The molecule has 0 saturated carbocycles. The smallest absolute Gasteiger partial charge is 0.417 e. The highest BCUT2D eigenvalue weighted by Crippen LogP contribution is 2.29. The zero-order chi connectivity index (χ0) is 17.2. The Hall–Kier alpha value is -2.22. The van der Waals surface area contributed by atoms with Gasteiger partial charge in [0.05, 0.1) is 17.9 Å². The van der Waals surface area contributed by atoms with Crippen molar-refractivity contribution < 1.29 is 22.4 Å². The number of pyridine rings is 1. The van der Waals surface area contributed by atoms with Crippen LogP contribution in [0.1, 0.15) is 24.3 Å². The van der Waals surface area contributed by atoms with Crippen LogP contribution in [0.3, 0.4) is 0 Å². The molecule has 0 aliphatic rings. The van der Waals surface area contributed by atoms with E-state index in [1.165, 1.54) is 6.26 Å². The van der Waals surface area contributed by atoms with Crippen molar-refractivity contribution >= 4 is 17.5 Å². The summed E-state index contributed by atoms with van der Waals surface area (Å²) in [6, 6.07) is 3.31. The highest BCUT2D eigenvalue weighted by Gasteiger charge is 2.32. The van der Waals surface area contributed by atoms with Crippen LogP contribution in [0.15, 0.2) is 39.9 Å². The number of aromatic nitrogens is 1. The Morgan fingerprint density at radius 2 is 2.17 bits per heavy atom. The molecule has 0 bridgehead atoms. The molecule has 2 aromatic rings. The van der Waals surface area contributed by atoms with Gasteiger partial charge >= 0.3 is 6.18 Å². The van der Waals surface area contributed by atoms with E-state index in [1.807, 2.05) is 0 Å². The molecule has 0 fully saturated rings. The number of carbonyl (C=O) groups is 1. The van der Waals surface area contributed by atoms with E-state index in [-0.39, 0.29) is 0 Å². The summed E-state index contributed by atoms with van der Waals surface area (Å²) in [7, 11) is 0. The predicted molar refractivity (Wildman–Crippen MR) is 76.0 cm³/mol. The molecule has 0 aliphatic heterocycles. The topological polar surface area (TPSA) is 64.2 Å². The molecular formula is C14H12ClF3N2O3. The van der Waals surface area contributed by atoms with E-state index in [0.717, 1.165) is 0 Å². The van der Waals surface area contributed by atoms with Gasteiger partial charge in [0.25, 0.3) is 5.56 Å². The molecule has 0 aliphatic carbocycles. The zero-order valence-corrected chi connectivity index (χ0v) is 12.6. The van der Waals surface area contributed by atoms with Crippen LogP contribution in [0.25, 0.3) is 0 Å². The number of nitrogens with one attached hydrogen (secondary N) is 1. The average Bonchev–Trinajstić information content (AvgIpc) is 2.96. The fraction of sp³-hybridized carbons (Fsp3) is 0.286. The largest absolute Gasteiger partial charge is 0.467 e. The number of furan rings is 1. The van der Waals surface area contributed by atoms with Gasteiger partial charge in [-0.15, -0.1) is 0 Å². The minimum atomic E-state index is -4.67. The Kier molecular flexibility index (Phi) is 4.84. The second-order valence-corrected chi connectivity index (χ2v) is 5.22. The van der Waals surface area contributed by atoms with Crippen molar-refractivity contribution in [3.05, 3.63) is 57.4 Å². The zero-order valence-electron chi connectivity index (χ0n) is 11.9. The van der Waals surface area contributed by atoms with Gasteiger partial charge in [-0.25, -0.2) is 0 Å². The number of carbonyl (C=O) groups excluding carboxylic acids is 1. The van der Waals surface area contributed by atoms with E-state index in [2.05, 4.69) is 5.32 Å². The van der Waals surface area contributed by atoms with E-state index in [1.54, 1.807) is 19.1 Å². The summed E-state index contributed by atoms with van der Waals surface area (Å²) in [6.07, 6.45) is -2.68. The van der Waals surface area contributed by atoms with Gasteiger partial charge < -0.3 is 14.3 Å². The van der Waals surface area contributed by atoms with Gasteiger partial charge in [-0.05, 0) is 25.1 Å². The van der Waals surface area contributed by atoms with Crippen LogP contribution in [0.4, 0.5) is 13.2 Å². The highest BCUT2D eigenvalue weighted by atomic mass is 35.5. The standard InChI is InChI=1S/C14H12ClF3N2O3/c1-8(11-3-2-4-23-11)19-12(21)7-20-6-9(14(16,17)18)5-10(15)13(20)22/h2-6,8H,7H2,1H3,(H,19,21)/t8-/m1/s1. The molecule has 0 aromatic carbocycles.